The number of amides is 1. The molecule has 1 fully saturated rings. The molecular formula is C24H29BN2O6. The summed E-state index contributed by atoms with van der Waals surface area (Å²) in [5.74, 6) is -0.943. The van der Waals surface area contributed by atoms with Crippen molar-refractivity contribution in [2.45, 2.75) is 51.9 Å². The summed E-state index contributed by atoms with van der Waals surface area (Å²) in [5, 5.41) is 11.7. The largest absolute Gasteiger partial charge is 0.492 e. The normalized spacial score (nSPS) is 17.0. The second-order valence-corrected chi connectivity index (χ2v) is 8.88. The molecule has 0 radical (unpaired) electrons. The molecule has 0 unspecified atom stereocenters. The predicted octanol–water partition coefficient (Wildman–Crippen LogP) is 3.65. The first-order valence-electron chi connectivity index (χ1n) is 10.7. The van der Waals surface area contributed by atoms with E-state index in [1.165, 1.54) is 0 Å². The van der Waals surface area contributed by atoms with Gasteiger partial charge in [0.25, 0.3) is 0 Å². The molecule has 0 saturated carbocycles. The molecule has 2 N–H and O–H groups in total. The molecule has 1 saturated heterocycles. The minimum atomic E-state index is -0.943. The van der Waals surface area contributed by atoms with Crippen molar-refractivity contribution in [2.24, 2.45) is 0 Å². The smallest absolute Gasteiger partial charge is 0.481 e. The number of rotatable bonds is 8. The SMILES string of the molecule is CC1(C)OB(C(=Cc2ccc(CC(=O)O)nc2)CNC(=O)OCc2ccccc2)OC1(C)C. The van der Waals surface area contributed by atoms with E-state index in [0.29, 0.717) is 11.2 Å². The summed E-state index contributed by atoms with van der Waals surface area (Å²) in [6.07, 6.45) is 2.69. The minimum Gasteiger partial charge on any atom is -0.481 e. The third-order valence-electron chi connectivity index (χ3n) is 5.74. The van der Waals surface area contributed by atoms with Gasteiger partial charge in [-0.15, -0.1) is 0 Å². The van der Waals surface area contributed by atoms with E-state index >= 15 is 0 Å². The lowest BCUT2D eigenvalue weighted by molar-refractivity contribution is -0.136. The van der Waals surface area contributed by atoms with Crippen LogP contribution >= 0.6 is 0 Å². The van der Waals surface area contributed by atoms with E-state index in [4.69, 9.17) is 19.2 Å². The van der Waals surface area contributed by atoms with E-state index in [1.807, 2.05) is 64.1 Å². The van der Waals surface area contributed by atoms with Crippen LogP contribution in [0.2, 0.25) is 0 Å². The third-order valence-corrected chi connectivity index (χ3v) is 5.74. The van der Waals surface area contributed by atoms with Crippen LogP contribution in [0.25, 0.3) is 6.08 Å². The molecule has 2 heterocycles. The van der Waals surface area contributed by atoms with Crippen LogP contribution in [0.1, 0.15) is 44.5 Å². The number of alkyl carbamates (subject to hydrolysis) is 1. The van der Waals surface area contributed by atoms with Crippen LogP contribution in [0.5, 0.6) is 0 Å². The Morgan fingerprint density at radius 2 is 1.76 bits per heavy atom. The quantitative estimate of drug-likeness (QED) is 0.589. The Morgan fingerprint density at radius 3 is 2.33 bits per heavy atom. The molecule has 2 aromatic rings. The lowest BCUT2D eigenvalue weighted by atomic mass is 9.77. The number of nitrogens with zero attached hydrogens (tertiary/aromatic N) is 1. The standard InChI is InChI=1S/C24H29BN2O6/c1-23(2)24(3,4)33-25(32-23)19(12-18-10-11-20(26-14-18)13-21(28)29)15-27-22(30)31-16-17-8-6-5-7-9-17/h5-12,14H,13,15-16H2,1-4H3,(H,27,30)(H,28,29). The lowest BCUT2D eigenvalue weighted by Crippen LogP contribution is -2.41. The van der Waals surface area contributed by atoms with Crippen LogP contribution < -0.4 is 5.32 Å². The van der Waals surface area contributed by atoms with Gasteiger partial charge in [-0.25, -0.2) is 4.79 Å². The van der Waals surface area contributed by atoms with Crippen molar-refractivity contribution >= 4 is 25.3 Å². The molecule has 8 nitrogen and oxygen atoms in total. The predicted molar refractivity (Wildman–Crippen MR) is 124 cm³/mol. The van der Waals surface area contributed by atoms with Crippen molar-refractivity contribution in [2.75, 3.05) is 6.54 Å². The average molecular weight is 452 g/mol. The molecule has 1 aromatic heterocycles. The summed E-state index contributed by atoms with van der Waals surface area (Å²) in [6, 6.07) is 12.8. The molecule has 1 aliphatic rings. The first kappa shape index (κ1) is 24.5. The highest BCUT2D eigenvalue weighted by atomic mass is 16.7. The molecule has 1 aromatic carbocycles. The first-order chi connectivity index (χ1) is 15.6. The fourth-order valence-electron chi connectivity index (χ4n) is 3.14. The van der Waals surface area contributed by atoms with Crippen LogP contribution in [0.15, 0.2) is 54.1 Å². The third kappa shape index (κ3) is 6.66. The topological polar surface area (TPSA) is 107 Å². The number of carboxylic acid groups (broad SMARTS) is 1. The van der Waals surface area contributed by atoms with Gasteiger partial charge in [-0.3, -0.25) is 9.78 Å². The maximum absolute atomic E-state index is 12.3. The molecule has 174 valence electrons. The van der Waals surface area contributed by atoms with E-state index < -0.39 is 30.4 Å². The van der Waals surface area contributed by atoms with Gasteiger partial charge in [-0.1, -0.05) is 42.5 Å². The number of ether oxygens (including phenoxy) is 1. The van der Waals surface area contributed by atoms with Gasteiger partial charge in [0.15, 0.2) is 0 Å². The van der Waals surface area contributed by atoms with E-state index in [1.54, 1.807) is 18.3 Å². The number of carbonyl (C=O) groups is 2. The van der Waals surface area contributed by atoms with Gasteiger partial charge in [-0.05, 0) is 50.4 Å². The number of nitrogens with one attached hydrogen (secondary N) is 1. The lowest BCUT2D eigenvalue weighted by Gasteiger charge is -2.32. The van der Waals surface area contributed by atoms with Crippen molar-refractivity contribution in [3.8, 4) is 0 Å². The highest BCUT2D eigenvalue weighted by molar-refractivity contribution is 6.56. The van der Waals surface area contributed by atoms with Gasteiger partial charge >= 0.3 is 19.2 Å². The molecule has 1 aliphatic heterocycles. The number of aromatic nitrogens is 1. The van der Waals surface area contributed by atoms with E-state index in [0.717, 1.165) is 11.1 Å². The fourth-order valence-corrected chi connectivity index (χ4v) is 3.14. The summed E-state index contributed by atoms with van der Waals surface area (Å²) in [4.78, 5) is 27.4. The minimum absolute atomic E-state index is 0.140. The maximum atomic E-state index is 12.3. The van der Waals surface area contributed by atoms with Crippen LogP contribution in [0, 0.1) is 0 Å². The number of carboxylic acids is 1. The Labute approximate surface area is 194 Å². The number of carbonyl (C=O) groups excluding carboxylic acids is 1. The Bertz CT molecular complexity index is 989. The number of pyridine rings is 1. The van der Waals surface area contributed by atoms with Crippen molar-refractivity contribution in [3.63, 3.8) is 0 Å². The second kappa shape index (κ2) is 10.2. The summed E-state index contributed by atoms with van der Waals surface area (Å²) in [7, 11) is -0.678. The van der Waals surface area contributed by atoms with Gasteiger partial charge in [0.1, 0.15) is 6.61 Å². The van der Waals surface area contributed by atoms with Crippen molar-refractivity contribution in [1.29, 1.82) is 0 Å². The van der Waals surface area contributed by atoms with E-state index in [2.05, 4.69) is 10.3 Å². The number of hydrogen-bond donors (Lipinski definition) is 2. The summed E-state index contributed by atoms with van der Waals surface area (Å²) >= 11 is 0. The molecule has 0 spiro atoms. The van der Waals surface area contributed by atoms with Crippen LogP contribution in [0.4, 0.5) is 4.79 Å². The molecule has 3 rings (SSSR count). The van der Waals surface area contributed by atoms with Gasteiger partial charge in [-0.2, -0.15) is 0 Å². The molecule has 9 heteroatoms. The highest BCUT2D eigenvalue weighted by Crippen LogP contribution is 2.38. The fraction of sp³-hybridized carbons (Fsp3) is 0.375. The summed E-state index contributed by atoms with van der Waals surface area (Å²) in [6.45, 7) is 8.12. The zero-order valence-electron chi connectivity index (χ0n) is 19.3. The molecular weight excluding hydrogens is 423 g/mol. The Morgan fingerprint density at radius 1 is 1.09 bits per heavy atom. The number of benzene rings is 1. The molecule has 33 heavy (non-hydrogen) atoms. The van der Waals surface area contributed by atoms with Crippen LogP contribution in [0.3, 0.4) is 0 Å². The summed E-state index contributed by atoms with van der Waals surface area (Å²) < 4.78 is 17.6. The summed E-state index contributed by atoms with van der Waals surface area (Å²) in [5.41, 5.74) is 1.66. The highest BCUT2D eigenvalue weighted by Gasteiger charge is 2.52. The van der Waals surface area contributed by atoms with Crippen molar-refractivity contribution < 1.29 is 28.7 Å². The van der Waals surface area contributed by atoms with Crippen LogP contribution in [-0.4, -0.2) is 47.0 Å². The molecule has 0 bridgehead atoms. The average Bonchev–Trinajstić information content (AvgIpc) is 2.98. The Hall–Kier alpha value is -3.17. The Balaban J connectivity index is 1.72. The first-order valence-corrected chi connectivity index (χ1v) is 10.7. The van der Waals surface area contributed by atoms with Crippen molar-refractivity contribution in [1.82, 2.24) is 10.3 Å². The van der Waals surface area contributed by atoms with Gasteiger partial charge < -0.3 is 24.5 Å². The zero-order valence-corrected chi connectivity index (χ0v) is 19.3. The molecule has 1 amide bonds. The zero-order chi connectivity index (χ0) is 24.1. The monoisotopic (exact) mass is 452 g/mol. The number of aliphatic carboxylic acids is 1. The van der Waals surface area contributed by atoms with E-state index in [9.17, 15) is 9.59 Å². The van der Waals surface area contributed by atoms with Gasteiger partial charge in [0.2, 0.25) is 0 Å². The second-order valence-electron chi connectivity index (χ2n) is 8.88. The number of hydrogen-bond acceptors (Lipinski definition) is 6. The van der Waals surface area contributed by atoms with Gasteiger partial charge in [0.05, 0.1) is 23.3 Å². The molecule has 0 atom stereocenters. The Kier molecular flexibility index (Phi) is 7.55. The van der Waals surface area contributed by atoms with Crippen molar-refractivity contribution in [3.05, 3.63) is 71.0 Å². The van der Waals surface area contributed by atoms with Crippen LogP contribution in [-0.2, 0) is 31.9 Å². The molecule has 0 aliphatic carbocycles. The maximum Gasteiger partial charge on any atom is 0.492 e. The van der Waals surface area contributed by atoms with Gasteiger partial charge in [0, 0.05) is 12.7 Å². The van der Waals surface area contributed by atoms with E-state index in [-0.39, 0.29) is 19.6 Å².